The van der Waals surface area contributed by atoms with Gasteiger partial charge in [0, 0.05) is 19.3 Å². The van der Waals surface area contributed by atoms with E-state index in [2.05, 4.69) is 21.2 Å². The van der Waals surface area contributed by atoms with Gasteiger partial charge in [0.1, 0.15) is 0 Å². The summed E-state index contributed by atoms with van der Waals surface area (Å²) >= 11 is 4.65. The van der Waals surface area contributed by atoms with E-state index in [1.54, 1.807) is 31.3 Å². The normalized spacial score (nSPS) is 11.5. The first-order valence-corrected chi connectivity index (χ1v) is 11.1. The van der Waals surface area contributed by atoms with Crippen LogP contribution in [0, 0.1) is 0 Å². The Hall–Kier alpha value is -2.00. The molecule has 3 rings (SSSR count). The molecule has 8 heteroatoms. The number of carbonyl (C=O) groups is 1. The maximum absolute atomic E-state index is 12.7. The van der Waals surface area contributed by atoms with Crippen LogP contribution in [-0.4, -0.2) is 25.7 Å². The number of hydrogen-bond donors (Lipinski definition) is 1. The lowest BCUT2D eigenvalue weighted by atomic mass is 10.2. The fourth-order valence-corrected chi connectivity index (χ4v) is 4.88. The molecule has 2 aromatic carbocycles. The Morgan fingerprint density at radius 1 is 1.04 bits per heavy atom. The molecule has 3 aromatic rings. The lowest BCUT2D eigenvalue weighted by Gasteiger charge is -2.17. The predicted octanol–water partition coefficient (Wildman–Crippen LogP) is 4.58. The van der Waals surface area contributed by atoms with Gasteiger partial charge in [-0.05, 0) is 57.9 Å². The molecule has 1 N–H and O–H groups in total. The van der Waals surface area contributed by atoms with E-state index in [-0.39, 0.29) is 17.3 Å². The van der Waals surface area contributed by atoms with Crippen molar-refractivity contribution in [2.45, 2.75) is 11.4 Å². The van der Waals surface area contributed by atoms with Crippen molar-refractivity contribution in [1.29, 1.82) is 0 Å². The highest BCUT2D eigenvalue weighted by Crippen LogP contribution is 2.24. The second-order valence-corrected chi connectivity index (χ2v) is 10.3. The Labute approximate surface area is 170 Å². The van der Waals surface area contributed by atoms with E-state index in [0.29, 0.717) is 10.6 Å². The van der Waals surface area contributed by atoms with Crippen LogP contribution in [-0.2, 0) is 16.6 Å². The van der Waals surface area contributed by atoms with E-state index in [1.807, 2.05) is 30.3 Å². The van der Waals surface area contributed by atoms with Crippen molar-refractivity contribution >= 4 is 48.9 Å². The first-order chi connectivity index (χ1) is 12.9. The van der Waals surface area contributed by atoms with Crippen LogP contribution in [0.5, 0.6) is 0 Å². The average molecular weight is 465 g/mol. The molecule has 1 amide bonds. The van der Waals surface area contributed by atoms with Crippen molar-refractivity contribution in [2.75, 3.05) is 12.4 Å². The minimum absolute atomic E-state index is 0.179. The van der Waals surface area contributed by atoms with Crippen molar-refractivity contribution in [3.63, 3.8) is 0 Å². The molecule has 0 radical (unpaired) electrons. The van der Waals surface area contributed by atoms with Crippen molar-refractivity contribution < 1.29 is 13.2 Å². The summed E-state index contributed by atoms with van der Waals surface area (Å²) in [5.41, 5.74) is 1.45. The van der Waals surface area contributed by atoms with Crippen LogP contribution >= 0.6 is 27.3 Å². The van der Waals surface area contributed by atoms with Crippen LogP contribution < -0.4 is 5.32 Å². The van der Waals surface area contributed by atoms with E-state index < -0.39 is 10.0 Å². The molecule has 0 bridgehead atoms. The van der Waals surface area contributed by atoms with E-state index in [1.165, 1.54) is 27.8 Å². The Kier molecular flexibility index (Phi) is 6.11. The lowest BCUT2D eigenvalue weighted by molar-refractivity contribution is 0.103. The van der Waals surface area contributed by atoms with Gasteiger partial charge in [-0.3, -0.25) is 4.79 Å². The average Bonchev–Trinajstić information content (AvgIpc) is 3.09. The van der Waals surface area contributed by atoms with Crippen LogP contribution in [0.25, 0.3) is 0 Å². The molecule has 0 aliphatic rings. The second kappa shape index (κ2) is 8.35. The summed E-state index contributed by atoms with van der Waals surface area (Å²) in [7, 11) is -2.07. The summed E-state index contributed by atoms with van der Waals surface area (Å²) in [4.78, 5) is 12.9. The fraction of sp³-hybridized carbons (Fsp3) is 0.105. The first-order valence-electron chi connectivity index (χ1n) is 8.03. The molecule has 0 saturated heterocycles. The highest BCUT2D eigenvalue weighted by atomic mass is 79.9. The number of rotatable bonds is 6. The zero-order valence-corrected chi connectivity index (χ0v) is 17.6. The molecule has 140 valence electrons. The summed E-state index contributed by atoms with van der Waals surface area (Å²) in [6.45, 7) is 0.287. The highest BCUT2D eigenvalue weighted by molar-refractivity contribution is 9.11. The third-order valence-corrected chi connectivity index (χ3v) is 7.31. The van der Waals surface area contributed by atoms with Crippen molar-refractivity contribution in [3.05, 3.63) is 81.0 Å². The van der Waals surface area contributed by atoms with Crippen LogP contribution in [0.3, 0.4) is 0 Å². The van der Waals surface area contributed by atoms with Gasteiger partial charge < -0.3 is 5.32 Å². The number of carbonyl (C=O) groups excluding carboxylic acids is 1. The number of halogens is 1. The van der Waals surface area contributed by atoms with Gasteiger partial charge in [-0.15, -0.1) is 11.3 Å². The topological polar surface area (TPSA) is 66.5 Å². The Balaban J connectivity index is 1.71. The molecular weight excluding hydrogens is 448 g/mol. The molecule has 0 unspecified atom stereocenters. The third-order valence-electron chi connectivity index (χ3n) is 3.87. The van der Waals surface area contributed by atoms with E-state index in [0.717, 1.165) is 9.35 Å². The Morgan fingerprint density at radius 3 is 2.30 bits per heavy atom. The SMILES string of the molecule is CN(Cc1ccccc1)S(=O)(=O)c1ccc(NC(=O)c2ccc(Br)s2)cc1. The number of anilines is 1. The van der Waals surface area contributed by atoms with Crippen molar-refractivity contribution in [1.82, 2.24) is 4.31 Å². The number of nitrogens with zero attached hydrogens (tertiary/aromatic N) is 1. The molecule has 0 saturated carbocycles. The van der Waals surface area contributed by atoms with Gasteiger partial charge in [0.15, 0.2) is 0 Å². The third kappa shape index (κ3) is 4.84. The van der Waals surface area contributed by atoms with Gasteiger partial charge in [0.2, 0.25) is 10.0 Å². The largest absolute Gasteiger partial charge is 0.321 e. The highest BCUT2D eigenvalue weighted by Gasteiger charge is 2.21. The van der Waals surface area contributed by atoms with Crippen LogP contribution in [0.15, 0.2) is 75.4 Å². The van der Waals surface area contributed by atoms with Crippen LogP contribution in [0.1, 0.15) is 15.2 Å². The number of sulfonamides is 1. The molecule has 0 spiro atoms. The smallest absolute Gasteiger partial charge is 0.265 e. The minimum atomic E-state index is -3.61. The second-order valence-electron chi connectivity index (χ2n) is 5.83. The van der Waals surface area contributed by atoms with E-state index in [4.69, 9.17) is 0 Å². The molecule has 0 aliphatic carbocycles. The first kappa shape index (κ1) is 19.8. The molecular formula is C19H17BrN2O3S2. The van der Waals surface area contributed by atoms with Gasteiger partial charge in [-0.1, -0.05) is 30.3 Å². The van der Waals surface area contributed by atoms with Crippen molar-refractivity contribution in [3.8, 4) is 0 Å². The van der Waals surface area contributed by atoms with Gasteiger partial charge in [0.05, 0.1) is 13.6 Å². The molecule has 1 heterocycles. The predicted molar refractivity (Wildman–Crippen MR) is 112 cm³/mol. The Bertz CT molecular complexity index is 1030. The summed E-state index contributed by atoms with van der Waals surface area (Å²) in [5.74, 6) is -0.234. The standard InChI is InChI=1S/C19H17BrN2O3S2/c1-22(13-14-5-3-2-4-6-14)27(24,25)16-9-7-15(8-10-16)21-19(23)17-11-12-18(20)26-17/h2-12H,13H2,1H3,(H,21,23). The maximum Gasteiger partial charge on any atom is 0.265 e. The number of amides is 1. The van der Waals surface area contributed by atoms with Gasteiger partial charge in [-0.25, -0.2) is 8.42 Å². The minimum Gasteiger partial charge on any atom is -0.321 e. The number of thiophene rings is 1. The lowest BCUT2D eigenvalue weighted by Crippen LogP contribution is -2.26. The fourth-order valence-electron chi connectivity index (χ4n) is 2.44. The monoisotopic (exact) mass is 464 g/mol. The van der Waals surface area contributed by atoms with E-state index >= 15 is 0 Å². The number of benzene rings is 2. The maximum atomic E-state index is 12.7. The Morgan fingerprint density at radius 2 is 1.70 bits per heavy atom. The molecule has 0 atom stereocenters. The van der Waals surface area contributed by atoms with Gasteiger partial charge in [0.25, 0.3) is 5.91 Å². The molecule has 0 aliphatic heterocycles. The summed E-state index contributed by atoms with van der Waals surface area (Å²) in [6.07, 6.45) is 0. The molecule has 0 fully saturated rings. The number of nitrogens with one attached hydrogen (secondary N) is 1. The van der Waals surface area contributed by atoms with Gasteiger partial charge in [-0.2, -0.15) is 4.31 Å². The van der Waals surface area contributed by atoms with Crippen molar-refractivity contribution in [2.24, 2.45) is 0 Å². The summed E-state index contributed by atoms with van der Waals surface area (Å²) in [5, 5.41) is 2.76. The number of hydrogen-bond acceptors (Lipinski definition) is 4. The van der Waals surface area contributed by atoms with Gasteiger partial charge >= 0.3 is 0 Å². The van der Waals surface area contributed by atoms with Crippen LogP contribution in [0.4, 0.5) is 5.69 Å². The zero-order valence-electron chi connectivity index (χ0n) is 14.4. The summed E-state index contributed by atoms with van der Waals surface area (Å²) in [6, 6.07) is 19.1. The zero-order chi connectivity index (χ0) is 19.4. The summed E-state index contributed by atoms with van der Waals surface area (Å²) < 4.78 is 27.6. The molecule has 1 aromatic heterocycles. The molecule has 27 heavy (non-hydrogen) atoms. The quantitative estimate of drug-likeness (QED) is 0.580. The molecule has 5 nitrogen and oxygen atoms in total. The van der Waals surface area contributed by atoms with Crippen LogP contribution in [0.2, 0.25) is 0 Å². The van der Waals surface area contributed by atoms with E-state index in [9.17, 15) is 13.2 Å².